The maximum atomic E-state index is 10.9. The van der Waals surface area contributed by atoms with Gasteiger partial charge in [0.05, 0.1) is 0 Å². The molecule has 96 valence electrons. The maximum absolute atomic E-state index is 10.9. The van der Waals surface area contributed by atoms with Crippen LogP contribution >= 0.6 is 0 Å². The van der Waals surface area contributed by atoms with Crippen molar-refractivity contribution < 1.29 is 19.4 Å². The Morgan fingerprint density at radius 1 is 1.25 bits per heavy atom. The predicted molar refractivity (Wildman–Crippen MR) is 62.1 cm³/mol. The second kappa shape index (κ2) is 10.4. The van der Waals surface area contributed by atoms with Crippen LogP contribution in [-0.4, -0.2) is 41.3 Å². The van der Waals surface area contributed by atoms with Gasteiger partial charge in [0.1, 0.15) is 0 Å². The fraction of sp³-hybridized carbons (Fsp3) is 0.818. The average molecular weight is 233 g/mol. The lowest BCUT2D eigenvalue weighted by molar-refractivity contribution is -0.156. The van der Waals surface area contributed by atoms with E-state index in [0.717, 1.165) is 20.0 Å². The molecule has 16 heavy (non-hydrogen) atoms. The van der Waals surface area contributed by atoms with Gasteiger partial charge in [-0.1, -0.05) is 20.8 Å². The third-order valence-corrected chi connectivity index (χ3v) is 1.92. The number of carbonyl (C=O) groups is 2. The summed E-state index contributed by atoms with van der Waals surface area (Å²) in [6, 6.07) is 0. The molecule has 0 rings (SSSR count). The second-order valence-corrected chi connectivity index (χ2v) is 3.18. The third kappa shape index (κ3) is 11.0. The van der Waals surface area contributed by atoms with E-state index in [9.17, 15) is 4.79 Å². The Morgan fingerprint density at radius 2 is 1.62 bits per heavy atom. The second-order valence-electron chi connectivity index (χ2n) is 3.18. The lowest BCUT2D eigenvalue weighted by Gasteiger charge is -2.25. The molecule has 0 saturated carbocycles. The highest BCUT2D eigenvalue weighted by Crippen LogP contribution is 2.01. The SMILES string of the molecule is CC(=O)O.CCC(=O)OC(C)N(CC)CC. The van der Waals surface area contributed by atoms with Crippen molar-refractivity contribution in [2.24, 2.45) is 0 Å². The third-order valence-electron chi connectivity index (χ3n) is 1.92. The number of hydrogen-bond donors (Lipinski definition) is 1. The summed E-state index contributed by atoms with van der Waals surface area (Å²) in [6.45, 7) is 10.7. The van der Waals surface area contributed by atoms with E-state index in [2.05, 4.69) is 18.7 Å². The van der Waals surface area contributed by atoms with Gasteiger partial charge < -0.3 is 9.84 Å². The van der Waals surface area contributed by atoms with Crippen molar-refractivity contribution >= 4 is 11.9 Å². The average Bonchev–Trinajstić information content (AvgIpc) is 2.18. The van der Waals surface area contributed by atoms with Crippen LogP contribution in [0, 0.1) is 0 Å². The maximum Gasteiger partial charge on any atom is 0.307 e. The monoisotopic (exact) mass is 233 g/mol. The largest absolute Gasteiger partial charge is 0.481 e. The van der Waals surface area contributed by atoms with Crippen LogP contribution < -0.4 is 0 Å². The van der Waals surface area contributed by atoms with Crippen molar-refractivity contribution in [1.82, 2.24) is 4.90 Å². The van der Waals surface area contributed by atoms with Crippen LogP contribution in [0.5, 0.6) is 0 Å². The van der Waals surface area contributed by atoms with E-state index in [-0.39, 0.29) is 12.2 Å². The Hall–Kier alpha value is -1.10. The fourth-order valence-electron chi connectivity index (χ4n) is 1.09. The number of nitrogens with zero attached hydrogens (tertiary/aromatic N) is 1. The fourth-order valence-corrected chi connectivity index (χ4v) is 1.09. The molecule has 0 aromatic heterocycles. The number of carbonyl (C=O) groups excluding carboxylic acids is 1. The summed E-state index contributed by atoms with van der Waals surface area (Å²) in [7, 11) is 0. The van der Waals surface area contributed by atoms with E-state index in [4.69, 9.17) is 14.6 Å². The minimum atomic E-state index is -0.833. The van der Waals surface area contributed by atoms with Crippen molar-refractivity contribution in [3.63, 3.8) is 0 Å². The normalized spacial score (nSPS) is 11.4. The number of carboxylic acids is 1. The Morgan fingerprint density at radius 3 is 1.88 bits per heavy atom. The van der Waals surface area contributed by atoms with Crippen molar-refractivity contribution in [3.05, 3.63) is 0 Å². The van der Waals surface area contributed by atoms with Crippen molar-refractivity contribution in [2.75, 3.05) is 13.1 Å². The van der Waals surface area contributed by atoms with Gasteiger partial charge >= 0.3 is 5.97 Å². The Labute approximate surface area is 97.4 Å². The highest BCUT2D eigenvalue weighted by molar-refractivity contribution is 5.69. The quantitative estimate of drug-likeness (QED) is 0.578. The molecule has 1 atom stereocenters. The minimum absolute atomic E-state index is 0.0903. The molecule has 1 N–H and O–H groups in total. The smallest absolute Gasteiger partial charge is 0.307 e. The molecule has 0 heterocycles. The molecule has 0 aromatic rings. The topological polar surface area (TPSA) is 66.8 Å². The Balaban J connectivity index is 0. The number of ether oxygens (including phenoxy) is 1. The number of hydrogen-bond acceptors (Lipinski definition) is 4. The number of carboxylic acid groups (broad SMARTS) is 1. The zero-order valence-electron chi connectivity index (χ0n) is 10.8. The molecule has 5 nitrogen and oxygen atoms in total. The highest BCUT2D eigenvalue weighted by Gasteiger charge is 2.12. The summed E-state index contributed by atoms with van der Waals surface area (Å²) in [5.74, 6) is -0.964. The van der Waals surface area contributed by atoms with E-state index in [1.807, 2.05) is 6.92 Å². The summed E-state index contributed by atoms with van der Waals surface area (Å²) in [4.78, 5) is 22.0. The van der Waals surface area contributed by atoms with Crippen molar-refractivity contribution in [3.8, 4) is 0 Å². The van der Waals surface area contributed by atoms with Gasteiger partial charge in [0.2, 0.25) is 0 Å². The molecule has 0 aliphatic rings. The molecule has 0 saturated heterocycles. The summed E-state index contributed by atoms with van der Waals surface area (Å²) in [5, 5.41) is 7.42. The van der Waals surface area contributed by atoms with Gasteiger partial charge in [0, 0.05) is 13.3 Å². The van der Waals surface area contributed by atoms with Crippen LogP contribution in [0.1, 0.15) is 41.0 Å². The number of esters is 1. The van der Waals surface area contributed by atoms with Gasteiger partial charge in [0.15, 0.2) is 6.23 Å². The summed E-state index contributed by atoms with van der Waals surface area (Å²) < 4.78 is 5.13. The standard InChI is InChI=1S/C9H19NO2.C2H4O2/c1-5-9(11)12-8(4)10(6-2)7-3;1-2(3)4/h8H,5-7H2,1-4H3;1H3,(H,3,4). The first kappa shape index (κ1) is 17.3. The molecule has 0 radical (unpaired) electrons. The lowest BCUT2D eigenvalue weighted by atomic mass is 10.4. The first-order valence-corrected chi connectivity index (χ1v) is 5.51. The van der Waals surface area contributed by atoms with Gasteiger partial charge in [0.25, 0.3) is 5.97 Å². The van der Waals surface area contributed by atoms with Gasteiger partial charge in [-0.25, -0.2) is 0 Å². The zero-order valence-corrected chi connectivity index (χ0v) is 10.8. The number of aliphatic carboxylic acids is 1. The van der Waals surface area contributed by atoms with Crippen LogP contribution in [0.25, 0.3) is 0 Å². The first-order valence-electron chi connectivity index (χ1n) is 5.51. The molecular weight excluding hydrogens is 210 g/mol. The van der Waals surface area contributed by atoms with E-state index in [0.29, 0.717) is 6.42 Å². The Bertz CT molecular complexity index is 198. The van der Waals surface area contributed by atoms with Crippen molar-refractivity contribution in [1.29, 1.82) is 0 Å². The van der Waals surface area contributed by atoms with E-state index >= 15 is 0 Å². The van der Waals surface area contributed by atoms with Crippen LogP contribution in [0.2, 0.25) is 0 Å². The van der Waals surface area contributed by atoms with Gasteiger partial charge in [-0.05, 0) is 20.0 Å². The number of rotatable bonds is 5. The molecule has 0 aromatic carbocycles. The minimum Gasteiger partial charge on any atom is -0.481 e. The molecule has 5 heteroatoms. The van der Waals surface area contributed by atoms with Gasteiger partial charge in [-0.3, -0.25) is 14.5 Å². The van der Waals surface area contributed by atoms with Crippen LogP contribution in [0.15, 0.2) is 0 Å². The lowest BCUT2D eigenvalue weighted by Crippen LogP contribution is -2.36. The van der Waals surface area contributed by atoms with Crippen LogP contribution in [0.3, 0.4) is 0 Å². The first-order chi connectivity index (χ1) is 7.38. The molecule has 0 spiro atoms. The van der Waals surface area contributed by atoms with Crippen LogP contribution in [0.4, 0.5) is 0 Å². The van der Waals surface area contributed by atoms with Gasteiger partial charge in [-0.2, -0.15) is 0 Å². The summed E-state index contributed by atoms with van der Waals surface area (Å²) in [6.07, 6.45) is 0.360. The van der Waals surface area contributed by atoms with Crippen molar-refractivity contribution in [2.45, 2.75) is 47.3 Å². The summed E-state index contributed by atoms with van der Waals surface area (Å²) in [5.41, 5.74) is 0. The van der Waals surface area contributed by atoms with E-state index in [1.54, 1.807) is 6.92 Å². The molecular formula is C11H23NO4. The summed E-state index contributed by atoms with van der Waals surface area (Å²) >= 11 is 0. The Kier molecular flexibility index (Phi) is 11.3. The molecule has 1 unspecified atom stereocenters. The molecule has 0 fully saturated rings. The van der Waals surface area contributed by atoms with Crippen LogP contribution in [-0.2, 0) is 14.3 Å². The molecule has 0 bridgehead atoms. The zero-order chi connectivity index (χ0) is 13.1. The van der Waals surface area contributed by atoms with E-state index in [1.165, 1.54) is 0 Å². The molecule has 0 aliphatic carbocycles. The predicted octanol–water partition coefficient (Wildman–Crippen LogP) is 1.72. The van der Waals surface area contributed by atoms with E-state index < -0.39 is 5.97 Å². The van der Waals surface area contributed by atoms with Gasteiger partial charge in [-0.15, -0.1) is 0 Å². The highest BCUT2D eigenvalue weighted by atomic mass is 16.6. The molecule has 0 amide bonds. The molecule has 0 aliphatic heterocycles.